The van der Waals surface area contributed by atoms with Crippen molar-refractivity contribution in [3.63, 3.8) is 0 Å². The fourth-order valence-electron chi connectivity index (χ4n) is 3.36. The van der Waals surface area contributed by atoms with E-state index in [9.17, 15) is 19.2 Å². The minimum Gasteiger partial charge on any atom is -0.464 e. The van der Waals surface area contributed by atoms with E-state index in [0.717, 1.165) is 19.3 Å². The third-order valence-electron chi connectivity index (χ3n) is 5.37. The van der Waals surface area contributed by atoms with Gasteiger partial charge in [-0.25, -0.2) is 4.79 Å². The lowest BCUT2D eigenvalue weighted by atomic mass is 10.1. The van der Waals surface area contributed by atoms with Crippen LogP contribution < -0.4 is 10.6 Å². The number of carbonyl (C=O) groups is 4. The Morgan fingerprint density at radius 3 is 1.83 bits per heavy atom. The van der Waals surface area contributed by atoms with E-state index in [0.29, 0.717) is 13.0 Å². The summed E-state index contributed by atoms with van der Waals surface area (Å²) in [6.07, 6.45) is 30.7. The molecular formula is C38H71N3O6. The van der Waals surface area contributed by atoms with E-state index in [1.165, 1.54) is 38.5 Å². The number of carbonyl (C=O) groups excluding carboxylic acids is 4. The zero-order chi connectivity index (χ0) is 38.1. The molecule has 1 saturated heterocycles. The highest BCUT2D eigenvalue weighted by Crippen LogP contribution is 2.20. The quantitative estimate of drug-likeness (QED) is 0.0660. The fraction of sp³-hybridized carbons (Fsp3) is 0.684. The molecular weight excluding hydrogens is 594 g/mol. The summed E-state index contributed by atoms with van der Waals surface area (Å²) in [4.78, 5) is 46.7. The molecule has 9 nitrogen and oxygen atoms in total. The molecule has 47 heavy (non-hydrogen) atoms. The normalized spacial score (nSPS) is 12.7. The molecule has 0 aromatic heterocycles. The number of rotatable bonds is 14. The Labute approximate surface area is 290 Å². The van der Waals surface area contributed by atoms with Gasteiger partial charge < -0.3 is 25.0 Å². The van der Waals surface area contributed by atoms with E-state index in [1.54, 1.807) is 25.8 Å². The molecule has 1 unspecified atom stereocenters. The minimum atomic E-state index is -0.666. The van der Waals surface area contributed by atoms with Crippen LogP contribution in [0.2, 0.25) is 0 Å². The topological polar surface area (TPSA) is 114 Å². The van der Waals surface area contributed by atoms with Crippen LogP contribution in [0.3, 0.4) is 0 Å². The lowest BCUT2D eigenvalue weighted by Gasteiger charge is -2.24. The van der Waals surface area contributed by atoms with E-state index in [-0.39, 0.29) is 43.0 Å². The van der Waals surface area contributed by atoms with Gasteiger partial charge in [0.05, 0.1) is 13.2 Å². The summed E-state index contributed by atoms with van der Waals surface area (Å²) in [5.41, 5.74) is -0.318. The van der Waals surface area contributed by atoms with Crippen LogP contribution in [-0.2, 0) is 28.7 Å². The molecule has 1 aliphatic heterocycles. The maximum absolute atomic E-state index is 12.0. The number of esters is 1. The van der Waals surface area contributed by atoms with Gasteiger partial charge in [0, 0.05) is 19.0 Å². The maximum atomic E-state index is 12.0. The molecule has 0 aromatic rings. The number of hydrogen-bond donors (Lipinski definition) is 2. The molecule has 2 amide bonds. The Morgan fingerprint density at radius 1 is 0.957 bits per heavy atom. The van der Waals surface area contributed by atoms with Crippen LogP contribution in [0.25, 0.3) is 0 Å². The van der Waals surface area contributed by atoms with Crippen LogP contribution in [0, 0.1) is 25.7 Å². The van der Waals surface area contributed by atoms with Gasteiger partial charge in [-0.05, 0) is 73.8 Å². The van der Waals surface area contributed by atoms with Gasteiger partial charge in [0.25, 0.3) is 6.47 Å². The van der Waals surface area contributed by atoms with E-state index in [1.807, 2.05) is 32.9 Å². The standard InChI is InChI=1S/C14H25N3O4.C7H14.C5H10O2.C5H10.C3H8.2C2H2/c1-4-21-14(20)10(2)16-12(18)8-11-6-5-7-17(11)13(19)9-15-3;1-3-5-7-6-4-2;1-5(2,3)7-4-6;1-3-5-4-2;1-3-2;2*1-2/h10-11,15H,4-9H2,1-3H3,(H,16,18);3H,1,4-7H2,2H3;4H,1-3H3;3H,1,4-5H2,2H3;3H2,1-2H3;2*1-2H/t10-,11?;;;;;;/m1....../s1. The maximum Gasteiger partial charge on any atom is 0.328 e. The lowest BCUT2D eigenvalue weighted by Crippen LogP contribution is -2.45. The smallest absolute Gasteiger partial charge is 0.328 e. The van der Waals surface area contributed by atoms with Crippen LogP contribution >= 0.6 is 0 Å². The minimum absolute atomic E-state index is 0.00578. The summed E-state index contributed by atoms with van der Waals surface area (Å²) in [5.74, 6) is -0.670. The first-order chi connectivity index (χ1) is 22.3. The number of allylic oxidation sites excluding steroid dienone is 2. The lowest BCUT2D eigenvalue weighted by molar-refractivity contribution is -0.147. The Bertz CT molecular complexity index is 781. The number of ether oxygens (including phenoxy) is 2. The molecule has 1 aliphatic rings. The number of nitrogens with one attached hydrogen (secondary N) is 2. The SMILES string of the molecule is C#C.C#C.C=CCCC.C=CCCCCC.CC(C)(C)OC=O.CCC.CCOC(=O)[C@@H](C)NC(=O)CC1CCCN1C(=O)CNC. The highest BCUT2D eigenvalue weighted by atomic mass is 16.5. The summed E-state index contributed by atoms with van der Waals surface area (Å²) in [5, 5.41) is 5.44. The number of likely N-dealkylation sites (tertiary alicyclic amines) is 1. The van der Waals surface area contributed by atoms with E-state index in [4.69, 9.17) is 4.74 Å². The molecule has 1 fully saturated rings. The zero-order valence-corrected chi connectivity index (χ0v) is 31.7. The molecule has 0 spiro atoms. The monoisotopic (exact) mass is 666 g/mol. The molecule has 0 aliphatic carbocycles. The van der Waals surface area contributed by atoms with Crippen molar-refractivity contribution in [2.24, 2.45) is 0 Å². The van der Waals surface area contributed by atoms with Gasteiger partial charge in [0.1, 0.15) is 11.6 Å². The average Bonchev–Trinajstić information content (AvgIpc) is 3.49. The summed E-state index contributed by atoms with van der Waals surface area (Å²) in [7, 11) is 1.72. The van der Waals surface area contributed by atoms with Crippen molar-refractivity contribution in [2.75, 3.05) is 26.7 Å². The third kappa shape index (κ3) is 47.0. The van der Waals surface area contributed by atoms with Crippen molar-refractivity contribution in [1.82, 2.24) is 15.5 Å². The van der Waals surface area contributed by atoms with Gasteiger partial charge in [-0.2, -0.15) is 0 Å². The number of amides is 2. The molecule has 9 heteroatoms. The number of likely N-dealkylation sites (N-methyl/N-ethyl adjacent to an activating group) is 1. The number of unbranched alkanes of at least 4 members (excludes halogenated alkanes) is 4. The Hall–Kier alpha value is -3.56. The van der Waals surface area contributed by atoms with Crippen molar-refractivity contribution in [2.45, 2.75) is 144 Å². The summed E-state index contributed by atoms with van der Waals surface area (Å²) in [6, 6.07) is -0.749. The first kappa shape index (κ1) is 55.8. The fourth-order valence-corrected chi connectivity index (χ4v) is 3.36. The van der Waals surface area contributed by atoms with Crippen LogP contribution in [-0.4, -0.2) is 73.6 Å². The molecule has 0 radical (unpaired) electrons. The summed E-state index contributed by atoms with van der Waals surface area (Å²) >= 11 is 0. The third-order valence-corrected chi connectivity index (χ3v) is 5.37. The van der Waals surface area contributed by atoms with Crippen LogP contribution in [0.5, 0.6) is 0 Å². The van der Waals surface area contributed by atoms with Crippen molar-refractivity contribution in [3.05, 3.63) is 25.3 Å². The first-order valence-electron chi connectivity index (χ1n) is 16.7. The molecule has 2 N–H and O–H groups in total. The van der Waals surface area contributed by atoms with Crippen molar-refractivity contribution >= 4 is 24.3 Å². The van der Waals surface area contributed by atoms with E-state index in [2.05, 4.69) is 81.9 Å². The zero-order valence-electron chi connectivity index (χ0n) is 31.7. The van der Waals surface area contributed by atoms with Gasteiger partial charge in [-0.3, -0.25) is 14.4 Å². The van der Waals surface area contributed by atoms with Crippen molar-refractivity contribution < 1.29 is 28.7 Å². The second-order valence-electron chi connectivity index (χ2n) is 11.1. The number of hydrogen-bond acceptors (Lipinski definition) is 7. The molecule has 1 rings (SSSR count). The van der Waals surface area contributed by atoms with Gasteiger partial charge >= 0.3 is 5.97 Å². The van der Waals surface area contributed by atoms with Gasteiger partial charge in [0.2, 0.25) is 11.8 Å². The van der Waals surface area contributed by atoms with E-state index < -0.39 is 12.0 Å². The largest absolute Gasteiger partial charge is 0.464 e. The summed E-state index contributed by atoms with van der Waals surface area (Å²) in [6.45, 7) is 26.3. The van der Waals surface area contributed by atoms with Crippen molar-refractivity contribution in [1.29, 1.82) is 0 Å². The summed E-state index contributed by atoms with van der Waals surface area (Å²) < 4.78 is 9.39. The second-order valence-corrected chi connectivity index (χ2v) is 11.1. The Balaban J connectivity index is -0.000000133. The van der Waals surface area contributed by atoms with Crippen molar-refractivity contribution in [3.8, 4) is 25.7 Å². The van der Waals surface area contributed by atoms with Crippen LogP contribution in [0.1, 0.15) is 127 Å². The van der Waals surface area contributed by atoms with Gasteiger partial charge in [-0.1, -0.05) is 65.5 Å². The molecule has 0 bridgehead atoms. The number of terminal acetylenes is 2. The highest BCUT2D eigenvalue weighted by Gasteiger charge is 2.30. The van der Waals surface area contributed by atoms with Crippen LogP contribution in [0.15, 0.2) is 25.3 Å². The van der Waals surface area contributed by atoms with E-state index >= 15 is 0 Å². The molecule has 1 heterocycles. The van der Waals surface area contributed by atoms with Crippen LogP contribution in [0.4, 0.5) is 0 Å². The molecule has 2 atom stereocenters. The second kappa shape index (κ2) is 44.6. The van der Waals surface area contributed by atoms with Gasteiger partial charge in [-0.15, -0.1) is 38.9 Å². The van der Waals surface area contributed by atoms with Gasteiger partial charge in [0.15, 0.2) is 0 Å². The Kier molecular flexibility index (Phi) is 52.9. The molecule has 274 valence electrons. The highest BCUT2D eigenvalue weighted by molar-refractivity contribution is 5.85. The Morgan fingerprint density at radius 2 is 1.49 bits per heavy atom. The molecule has 0 saturated carbocycles. The predicted octanol–water partition coefficient (Wildman–Crippen LogP) is 7.25. The average molecular weight is 666 g/mol. The first-order valence-corrected chi connectivity index (χ1v) is 16.7. The molecule has 0 aromatic carbocycles. The predicted molar refractivity (Wildman–Crippen MR) is 200 cm³/mol. The number of nitrogens with zero attached hydrogens (tertiary/aromatic N) is 1.